The smallest absolute Gasteiger partial charge is 0.223 e. The molecule has 3 fully saturated rings. The van der Waals surface area contributed by atoms with E-state index in [4.69, 9.17) is 0 Å². The van der Waals surface area contributed by atoms with Gasteiger partial charge in [-0.25, -0.2) is 4.98 Å². The van der Waals surface area contributed by atoms with Gasteiger partial charge in [-0.15, -0.1) is 0 Å². The lowest BCUT2D eigenvalue weighted by molar-refractivity contribution is -0.123. The molecule has 3 heterocycles. The number of piperidine rings is 1. The van der Waals surface area contributed by atoms with E-state index in [-0.39, 0.29) is 11.8 Å². The molecule has 1 saturated carbocycles. The molecule has 1 aromatic rings. The minimum absolute atomic E-state index is 0.228. The highest BCUT2D eigenvalue weighted by Gasteiger charge is 2.57. The van der Waals surface area contributed by atoms with E-state index >= 15 is 0 Å². The first-order valence-electron chi connectivity index (χ1n) is 10.1. The number of aromatic nitrogens is 1. The second-order valence-corrected chi connectivity index (χ2v) is 8.03. The minimum atomic E-state index is 0.228. The number of hydrogen-bond donors (Lipinski definition) is 2. The summed E-state index contributed by atoms with van der Waals surface area (Å²) >= 11 is 0. The molecule has 6 heteroatoms. The molecule has 3 aliphatic rings. The number of rotatable bonds is 5. The average molecular weight is 358 g/mol. The molecule has 0 aromatic carbocycles. The number of piperazine rings is 1. The molecule has 26 heavy (non-hydrogen) atoms. The Hall–Kier alpha value is -1.66. The third-order valence-electron chi connectivity index (χ3n) is 6.52. The lowest BCUT2D eigenvalue weighted by atomic mass is 9.92. The van der Waals surface area contributed by atoms with Crippen LogP contribution in [0.5, 0.6) is 0 Å². The van der Waals surface area contributed by atoms with Crippen molar-refractivity contribution < 1.29 is 4.79 Å². The van der Waals surface area contributed by atoms with Crippen LogP contribution in [0, 0.1) is 11.3 Å². The predicted octanol–water partition coefficient (Wildman–Crippen LogP) is 1.23. The lowest BCUT2D eigenvalue weighted by Crippen LogP contribution is -2.46. The number of nitrogens with zero attached hydrogens (tertiary/aromatic N) is 3. The van der Waals surface area contributed by atoms with Gasteiger partial charge in [-0.2, -0.15) is 0 Å². The fourth-order valence-corrected chi connectivity index (χ4v) is 4.51. The number of anilines is 1. The molecule has 0 radical (unpaired) electrons. The fraction of sp³-hybridized carbons (Fsp3) is 0.700. The molecule has 2 N–H and O–H groups in total. The van der Waals surface area contributed by atoms with E-state index in [1.807, 2.05) is 6.20 Å². The molecule has 1 aliphatic carbocycles. The van der Waals surface area contributed by atoms with Crippen LogP contribution in [0.15, 0.2) is 18.3 Å². The molecule has 0 bridgehead atoms. The Morgan fingerprint density at radius 1 is 1.27 bits per heavy atom. The van der Waals surface area contributed by atoms with Gasteiger partial charge in [-0.05, 0) is 55.9 Å². The maximum atomic E-state index is 12.5. The van der Waals surface area contributed by atoms with Gasteiger partial charge in [0.15, 0.2) is 0 Å². The summed E-state index contributed by atoms with van der Waals surface area (Å²) in [6.07, 6.45) is 5.27. The van der Waals surface area contributed by atoms with Crippen LogP contribution < -0.4 is 15.5 Å². The number of pyridine rings is 1. The lowest BCUT2D eigenvalue weighted by Gasteiger charge is -2.34. The van der Waals surface area contributed by atoms with Crippen LogP contribution in [0.3, 0.4) is 0 Å². The van der Waals surface area contributed by atoms with E-state index in [1.54, 1.807) is 0 Å². The van der Waals surface area contributed by atoms with Crippen molar-refractivity contribution in [1.29, 1.82) is 0 Å². The minimum Gasteiger partial charge on any atom is -0.354 e. The zero-order chi connectivity index (χ0) is 18.0. The van der Waals surface area contributed by atoms with Crippen molar-refractivity contribution in [3.63, 3.8) is 0 Å². The number of amides is 1. The van der Waals surface area contributed by atoms with E-state index in [9.17, 15) is 4.79 Å². The van der Waals surface area contributed by atoms with E-state index in [1.165, 1.54) is 0 Å². The van der Waals surface area contributed by atoms with Crippen molar-refractivity contribution >= 4 is 11.7 Å². The highest BCUT2D eigenvalue weighted by atomic mass is 16.2. The summed E-state index contributed by atoms with van der Waals surface area (Å²) in [6, 6.07) is 4.19. The Labute approximate surface area is 156 Å². The zero-order valence-corrected chi connectivity index (χ0v) is 15.8. The second kappa shape index (κ2) is 7.53. The van der Waals surface area contributed by atoms with Gasteiger partial charge in [0.1, 0.15) is 5.82 Å². The fourth-order valence-electron chi connectivity index (χ4n) is 4.51. The van der Waals surface area contributed by atoms with Gasteiger partial charge < -0.3 is 20.4 Å². The summed E-state index contributed by atoms with van der Waals surface area (Å²) < 4.78 is 0. The second-order valence-electron chi connectivity index (χ2n) is 8.03. The molecular formula is C20H31N5O. The van der Waals surface area contributed by atoms with Gasteiger partial charge in [0.2, 0.25) is 5.91 Å². The summed E-state index contributed by atoms with van der Waals surface area (Å²) in [5.41, 5.74) is 1.38. The molecule has 1 unspecified atom stereocenters. The number of carbonyl (C=O) groups is 1. The van der Waals surface area contributed by atoms with Gasteiger partial charge in [-0.1, -0.05) is 13.0 Å². The summed E-state index contributed by atoms with van der Waals surface area (Å²) in [5, 5.41) is 6.51. The van der Waals surface area contributed by atoms with Crippen molar-refractivity contribution in [2.24, 2.45) is 11.3 Å². The molecule has 1 aromatic heterocycles. The highest BCUT2D eigenvalue weighted by molar-refractivity contribution is 5.82. The van der Waals surface area contributed by atoms with Crippen LogP contribution in [0.1, 0.15) is 31.7 Å². The van der Waals surface area contributed by atoms with Crippen molar-refractivity contribution in [2.75, 3.05) is 50.7 Å². The summed E-state index contributed by atoms with van der Waals surface area (Å²) in [7, 11) is 0. The Bertz CT molecular complexity index is 618. The van der Waals surface area contributed by atoms with Gasteiger partial charge in [0, 0.05) is 44.8 Å². The Morgan fingerprint density at radius 2 is 2.04 bits per heavy atom. The van der Waals surface area contributed by atoms with Crippen LogP contribution in [-0.4, -0.2) is 61.6 Å². The maximum absolute atomic E-state index is 12.5. The monoisotopic (exact) mass is 357 g/mol. The first kappa shape index (κ1) is 17.7. The normalized spacial score (nSPS) is 25.3. The largest absolute Gasteiger partial charge is 0.354 e. The first-order chi connectivity index (χ1) is 12.7. The van der Waals surface area contributed by atoms with E-state index < -0.39 is 0 Å². The molecule has 142 valence electrons. The topological polar surface area (TPSA) is 60.5 Å². The van der Waals surface area contributed by atoms with E-state index in [0.717, 1.165) is 76.5 Å². The molecule has 4 rings (SSSR count). The van der Waals surface area contributed by atoms with Gasteiger partial charge >= 0.3 is 0 Å². The van der Waals surface area contributed by atoms with E-state index in [2.05, 4.69) is 44.5 Å². The Balaban J connectivity index is 1.25. The SMILES string of the molecule is CCN1CCN(c2ccc(CNC(=O)C3CC34CCNCC4)cn2)CC1. The molecule has 6 nitrogen and oxygen atoms in total. The Morgan fingerprint density at radius 3 is 2.69 bits per heavy atom. The van der Waals surface area contributed by atoms with Crippen LogP contribution >= 0.6 is 0 Å². The van der Waals surface area contributed by atoms with Gasteiger partial charge in [0.05, 0.1) is 0 Å². The number of likely N-dealkylation sites (N-methyl/N-ethyl adjacent to an activating group) is 1. The highest BCUT2D eigenvalue weighted by Crippen LogP contribution is 2.58. The van der Waals surface area contributed by atoms with Gasteiger partial charge in [-0.3, -0.25) is 4.79 Å². The third kappa shape index (κ3) is 3.71. The summed E-state index contributed by atoms with van der Waals surface area (Å²) in [6.45, 7) is 10.3. The van der Waals surface area contributed by atoms with Crippen molar-refractivity contribution in [3.05, 3.63) is 23.9 Å². The third-order valence-corrected chi connectivity index (χ3v) is 6.52. The summed E-state index contributed by atoms with van der Waals surface area (Å²) in [5.74, 6) is 1.50. The van der Waals surface area contributed by atoms with Crippen LogP contribution in [0.25, 0.3) is 0 Å². The zero-order valence-electron chi connectivity index (χ0n) is 15.8. The standard InChI is InChI=1S/C20H31N5O/c1-2-24-9-11-25(12-10-24)18-4-3-16(14-22-18)15-23-19(26)17-13-20(17)5-7-21-8-6-20/h3-4,14,17,21H,2,5-13,15H2,1H3,(H,23,26). The molecule has 1 spiro atoms. The molecule has 1 amide bonds. The molecular weight excluding hydrogens is 326 g/mol. The molecule has 1 atom stereocenters. The summed E-state index contributed by atoms with van der Waals surface area (Å²) in [4.78, 5) is 21.9. The van der Waals surface area contributed by atoms with Crippen LogP contribution in [-0.2, 0) is 11.3 Å². The van der Waals surface area contributed by atoms with Gasteiger partial charge in [0.25, 0.3) is 0 Å². The predicted molar refractivity (Wildman–Crippen MR) is 103 cm³/mol. The first-order valence-corrected chi connectivity index (χ1v) is 10.1. The number of carbonyl (C=O) groups excluding carboxylic acids is 1. The van der Waals surface area contributed by atoms with Crippen LogP contribution in [0.4, 0.5) is 5.82 Å². The maximum Gasteiger partial charge on any atom is 0.223 e. The van der Waals surface area contributed by atoms with Crippen molar-refractivity contribution in [1.82, 2.24) is 20.5 Å². The average Bonchev–Trinajstić information content (AvgIpc) is 3.40. The molecule has 2 aliphatic heterocycles. The van der Waals surface area contributed by atoms with Crippen LogP contribution in [0.2, 0.25) is 0 Å². The number of hydrogen-bond acceptors (Lipinski definition) is 5. The number of nitrogens with one attached hydrogen (secondary N) is 2. The van der Waals surface area contributed by atoms with Crippen molar-refractivity contribution in [3.8, 4) is 0 Å². The van der Waals surface area contributed by atoms with Crippen molar-refractivity contribution in [2.45, 2.75) is 32.7 Å². The Kier molecular flexibility index (Phi) is 5.14. The van der Waals surface area contributed by atoms with E-state index in [0.29, 0.717) is 12.0 Å². The quantitative estimate of drug-likeness (QED) is 0.830. The molecule has 2 saturated heterocycles.